The standard InChI is InChI=1S/C12H14Br2N2O4S/c1-6-2-9(14)11(4-8(6)13)21(19,20)16-5-7(17)3-10(16)12(15)18/h2,4,7,10,17H,3,5H2,1H3,(H2,15,18). The normalized spacial score (nSPS) is 23.4. The van der Waals surface area contributed by atoms with Gasteiger partial charge in [-0.25, -0.2) is 8.42 Å². The summed E-state index contributed by atoms with van der Waals surface area (Å²) in [5.74, 6) is -0.766. The van der Waals surface area contributed by atoms with Crippen LogP contribution in [0.1, 0.15) is 12.0 Å². The summed E-state index contributed by atoms with van der Waals surface area (Å²) in [5, 5.41) is 9.66. The first-order valence-electron chi connectivity index (χ1n) is 6.09. The van der Waals surface area contributed by atoms with E-state index in [1.165, 1.54) is 6.07 Å². The Labute approximate surface area is 139 Å². The molecule has 3 N–H and O–H groups in total. The summed E-state index contributed by atoms with van der Waals surface area (Å²) in [4.78, 5) is 11.5. The third-order valence-electron chi connectivity index (χ3n) is 3.36. The highest BCUT2D eigenvalue weighted by atomic mass is 79.9. The first-order chi connectivity index (χ1) is 9.64. The largest absolute Gasteiger partial charge is 0.392 e. The Balaban J connectivity index is 2.52. The van der Waals surface area contributed by atoms with Crippen molar-refractivity contribution >= 4 is 47.8 Å². The highest BCUT2D eigenvalue weighted by Crippen LogP contribution is 2.33. The monoisotopic (exact) mass is 440 g/mol. The maximum Gasteiger partial charge on any atom is 0.245 e. The summed E-state index contributed by atoms with van der Waals surface area (Å²) in [5.41, 5.74) is 6.11. The van der Waals surface area contributed by atoms with Crippen LogP contribution < -0.4 is 5.73 Å². The number of sulfonamides is 1. The summed E-state index contributed by atoms with van der Waals surface area (Å²) in [6, 6.07) is 2.11. The van der Waals surface area contributed by atoms with E-state index in [-0.39, 0.29) is 17.9 Å². The van der Waals surface area contributed by atoms with E-state index in [9.17, 15) is 18.3 Å². The van der Waals surface area contributed by atoms with Crippen LogP contribution in [0.3, 0.4) is 0 Å². The molecule has 1 aliphatic rings. The van der Waals surface area contributed by atoms with Gasteiger partial charge in [0.2, 0.25) is 15.9 Å². The number of aliphatic hydroxyl groups is 1. The smallest absolute Gasteiger partial charge is 0.245 e. The van der Waals surface area contributed by atoms with Crippen LogP contribution in [0.15, 0.2) is 26.0 Å². The minimum Gasteiger partial charge on any atom is -0.392 e. The third-order valence-corrected chi connectivity index (χ3v) is 7.05. The van der Waals surface area contributed by atoms with Crippen molar-refractivity contribution in [2.24, 2.45) is 5.73 Å². The number of halogens is 2. The molecule has 2 atom stereocenters. The molecule has 1 amide bonds. The van der Waals surface area contributed by atoms with Crippen LogP contribution in [0, 0.1) is 6.92 Å². The van der Waals surface area contributed by atoms with E-state index >= 15 is 0 Å². The summed E-state index contributed by atoms with van der Waals surface area (Å²) in [6.45, 7) is 1.69. The van der Waals surface area contributed by atoms with Gasteiger partial charge in [0.25, 0.3) is 0 Å². The number of amides is 1. The molecule has 0 bridgehead atoms. The number of nitrogens with zero attached hydrogens (tertiary/aromatic N) is 1. The zero-order valence-electron chi connectivity index (χ0n) is 11.1. The zero-order valence-corrected chi connectivity index (χ0v) is 15.1. The number of aliphatic hydroxyl groups excluding tert-OH is 1. The molecule has 0 aromatic heterocycles. The average molecular weight is 442 g/mol. The molecule has 1 heterocycles. The first kappa shape index (κ1) is 16.9. The van der Waals surface area contributed by atoms with E-state index in [2.05, 4.69) is 31.9 Å². The number of benzene rings is 1. The number of hydrogen-bond acceptors (Lipinski definition) is 4. The lowest BCUT2D eigenvalue weighted by molar-refractivity contribution is -0.121. The molecular formula is C12H14Br2N2O4S. The predicted octanol–water partition coefficient (Wildman–Crippen LogP) is 1.13. The second-order valence-corrected chi connectivity index (χ2v) is 8.48. The van der Waals surface area contributed by atoms with E-state index in [1.807, 2.05) is 6.92 Å². The minimum atomic E-state index is -3.94. The van der Waals surface area contributed by atoms with Crippen LogP contribution >= 0.6 is 31.9 Å². The Morgan fingerprint density at radius 2 is 2.00 bits per heavy atom. The van der Waals surface area contributed by atoms with Gasteiger partial charge in [0.05, 0.1) is 11.0 Å². The van der Waals surface area contributed by atoms with Crippen molar-refractivity contribution in [2.75, 3.05) is 6.54 Å². The SMILES string of the molecule is Cc1cc(Br)c(S(=O)(=O)N2CC(O)CC2C(N)=O)cc1Br. The number of carbonyl (C=O) groups excluding carboxylic acids is 1. The summed E-state index contributed by atoms with van der Waals surface area (Å²) in [6.07, 6.45) is -0.885. The quantitative estimate of drug-likeness (QED) is 0.733. The highest BCUT2D eigenvalue weighted by Gasteiger charge is 2.43. The first-order valence-corrected chi connectivity index (χ1v) is 9.12. The molecule has 0 spiro atoms. The van der Waals surface area contributed by atoms with Crippen molar-refractivity contribution < 1.29 is 18.3 Å². The van der Waals surface area contributed by atoms with Gasteiger partial charge in [-0.3, -0.25) is 4.79 Å². The van der Waals surface area contributed by atoms with Gasteiger partial charge in [-0.2, -0.15) is 4.31 Å². The van der Waals surface area contributed by atoms with Crippen LogP contribution in [-0.4, -0.2) is 42.4 Å². The Morgan fingerprint density at radius 1 is 1.38 bits per heavy atom. The molecule has 0 aliphatic carbocycles. The number of rotatable bonds is 3. The molecule has 9 heteroatoms. The Kier molecular flexibility index (Phi) is 4.79. The van der Waals surface area contributed by atoms with Gasteiger partial charge in [0, 0.05) is 21.9 Å². The van der Waals surface area contributed by atoms with Crippen LogP contribution in [0.5, 0.6) is 0 Å². The molecular weight excluding hydrogens is 428 g/mol. The van der Waals surface area contributed by atoms with Crippen molar-refractivity contribution in [1.29, 1.82) is 0 Å². The van der Waals surface area contributed by atoms with E-state index in [0.29, 0.717) is 8.95 Å². The fourth-order valence-electron chi connectivity index (χ4n) is 2.26. The van der Waals surface area contributed by atoms with Crippen LogP contribution in [0.2, 0.25) is 0 Å². The van der Waals surface area contributed by atoms with Crippen molar-refractivity contribution in [3.63, 3.8) is 0 Å². The number of carbonyl (C=O) groups is 1. The third kappa shape index (κ3) is 3.16. The topological polar surface area (TPSA) is 101 Å². The van der Waals surface area contributed by atoms with Gasteiger partial charge < -0.3 is 10.8 Å². The average Bonchev–Trinajstić information content (AvgIpc) is 2.76. The molecule has 1 aromatic carbocycles. The van der Waals surface area contributed by atoms with Crippen molar-refractivity contribution in [3.05, 3.63) is 26.6 Å². The van der Waals surface area contributed by atoms with Crippen molar-refractivity contribution in [2.45, 2.75) is 30.4 Å². The van der Waals surface area contributed by atoms with Gasteiger partial charge >= 0.3 is 0 Å². The van der Waals surface area contributed by atoms with Gasteiger partial charge in [0.1, 0.15) is 6.04 Å². The summed E-state index contributed by atoms with van der Waals surface area (Å²) < 4.78 is 27.5. The number of hydrogen-bond donors (Lipinski definition) is 2. The molecule has 1 saturated heterocycles. The Hall–Kier alpha value is -0.480. The van der Waals surface area contributed by atoms with Crippen molar-refractivity contribution in [1.82, 2.24) is 4.31 Å². The molecule has 116 valence electrons. The molecule has 0 radical (unpaired) electrons. The fraction of sp³-hybridized carbons (Fsp3) is 0.417. The van der Waals surface area contributed by atoms with E-state index in [4.69, 9.17) is 5.73 Å². The number of β-amino-alcohol motifs (C(OH)–C–C–N with tert-alkyl or cyclic N) is 1. The molecule has 2 rings (SSSR count). The van der Waals surface area contributed by atoms with Gasteiger partial charge in [-0.05, 0) is 40.5 Å². The van der Waals surface area contributed by atoms with Crippen molar-refractivity contribution in [3.8, 4) is 0 Å². The van der Waals surface area contributed by atoms with Gasteiger partial charge in [-0.15, -0.1) is 0 Å². The number of nitrogens with two attached hydrogens (primary N) is 1. The zero-order chi connectivity index (χ0) is 15.9. The van der Waals surface area contributed by atoms with Gasteiger partial charge in [0.15, 0.2) is 0 Å². The van der Waals surface area contributed by atoms with Crippen LogP contribution in [-0.2, 0) is 14.8 Å². The highest BCUT2D eigenvalue weighted by molar-refractivity contribution is 9.11. The predicted molar refractivity (Wildman–Crippen MR) is 84.1 cm³/mol. The molecule has 1 aromatic rings. The van der Waals surface area contributed by atoms with E-state index in [0.717, 1.165) is 9.87 Å². The molecule has 0 saturated carbocycles. The maximum absolute atomic E-state index is 12.7. The van der Waals surface area contributed by atoms with Crippen LogP contribution in [0.4, 0.5) is 0 Å². The second kappa shape index (κ2) is 5.96. The number of primary amides is 1. The lowest BCUT2D eigenvalue weighted by atomic mass is 10.2. The molecule has 2 unspecified atom stereocenters. The molecule has 1 fully saturated rings. The van der Waals surface area contributed by atoms with Gasteiger partial charge in [-0.1, -0.05) is 15.9 Å². The lowest BCUT2D eigenvalue weighted by Crippen LogP contribution is -2.43. The molecule has 6 nitrogen and oxygen atoms in total. The Bertz CT molecular complexity index is 693. The number of aryl methyl sites for hydroxylation is 1. The summed E-state index contributed by atoms with van der Waals surface area (Å²) in [7, 11) is -3.94. The Morgan fingerprint density at radius 3 is 2.57 bits per heavy atom. The maximum atomic E-state index is 12.7. The van der Waals surface area contributed by atoms with Crippen LogP contribution in [0.25, 0.3) is 0 Å². The molecule has 1 aliphatic heterocycles. The summed E-state index contributed by atoms with van der Waals surface area (Å²) >= 11 is 6.52. The lowest BCUT2D eigenvalue weighted by Gasteiger charge is -2.22. The molecule has 21 heavy (non-hydrogen) atoms. The minimum absolute atomic E-state index is 0.0131. The second-order valence-electron chi connectivity index (χ2n) is 4.91. The fourth-order valence-corrected chi connectivity index (χ4v) is 5.55. The van der Waals surface area contributed by atoms with E-state index in [1.54, 1.807) is 6.07 Å². The van der Waals surface area contributed by atoms with E-state index < -0.39 is 28.1 Å².